The van der Waals surface area contributed by atoms with E-state index in [4.69, 9.17) is 10.5 Å². The Labute approximate surface area is 115 Å². The summed E-state index contributed by atoms with van der Waals surface area (Å²) in [6.45, 7) is 6.96. The minimum Gasteiger partial charge on any atom is -0.457 e. The SMILES string of the molecule is Cc1cc(C)c(C)c(Oc2ccc(CCN)cc2)c1. The van der Waals surface area contributed by atoms with Crippen molar-refractivity contribution >= 4 is 0 Å². The predicted molar refractivity (Wildman–Crippen MR) is 79.9 cm³/mol. The number of aryl methyl sites for hydroxylation is 2. The summed E-state index contributed by atoms with van der Waals surface area (Å²) < 4.78 is 5.97. The monoisotopic (exact) mass is 255 g/mol. The van der Waals surface area contributed by atoms with E-state index in [-0.39, 0.29) is 0 Å². The van der Waals surface area contributed by atoms with Gasteiger partial charge in [-0.25, -0.2) is 0 Å². The average molecular weight is 255 g/mol. The van der Waals surface area contributed by atoms with E-state index in [1.54, 1.807) is 0 Å². The minimum atomic E-state index is 0.677. The van der Waals surface area contributed by atoms with Gasteiger partial charge < -0.3 is 10.5 Å². The van der Waals surface area contributed by atoms with E-state index in [1.807, 2.05) is 12.1 Å². The van der Waals surface area contributed by atoms with E-state index in [0.717, 1.165) is 17.9 Å². The zero-order chi connectivity index (χ0) is 13.8. The molecule has 0 heterocycles. The lowest BCUT2D eigenvalue weighted by Gasteiger charge is -2.12. The lowest BCUT2D eigenvalue weighted by molar-refractivity contribution is 0.477. The van der Waals surface area contributed by atoms with Crippen molar-refractivity contribution in [3.8, 4) is 11.5 Å². The van der Waals surface area contributed by atoms with Crippen LogP contribution in [0.25, 0.3) is 0 Å². The molecule has 0 aromatic heterocycles. The zero-order valence-electron chi connectivity index (χ0n) is 11.9. The summed E-state index contributed by atoms with van der Waals surface area (Å²) in [6, 6.07) is 12.4. The van der Waals surface area contributed by atoms with Crippen LogP contribution >= 0.6 is 0 Å². The second kappa shape index (κ2) is 5.89. The van der Waals surface area contributed by atoms with Crippen molar-refractivity contribution in [3.63, 3.8) is 0 Å². The molecule has 0 spiro atoms. The van der Waals surface area contributed by atoms with Crippen LogP contribution in [0.15, 0.2) is 36.4 Å². The molecule has 0 fully saturated rings. The molecule has 0 bridgehead atoms. The molecule has 0 radical (unpaired) electrons. The summed E-state index contributed by atoms with van der Waals surface area (Å²) in [5.41, 5.74) is 10.5. The Hall–Kier alpha value is -1.80. The normalized spacial score (nSPS) is 10.5. The Bertz CT molecular complexity index is 558. The van der Waals surface area contributed by atoms with Crippen molar-refractivity contribution in [2.45, 2.75) is 27.2 Å². The highest BCUT2D eigenvalue weighted by atomic mass is 16.5. The fraction of sp³-hybridized carbons (Fsp3) is 0.294. The topological polar surface area (TPSA) is 35.2 Å². The molecule has 2 N–H and O–H groups in total. The first-order valence-corrected chi connectivity index (χ1v) is 6.65. The van der Waals surface area contributed by atoms with Gasteiger partial charge in [-0.3, -0.25) is 0 Å². The van der Waals surface area contributed by atoms with Gasteiger partial charge in [-0.05, 0) is 74.2 Å². The van der Waals surface area contributed by atoms with Crippen LogP contribution in [-0.2, 0) is 6.42 Å². The smallest absolute Gasteiger partial charge is 0.130 e. The van der Waals surface area contributed by atoms with E-state index >= 15 is 0 Å². The lowest BCUT2D eigenvalue weighted by Crippen LogP contribution is -2.02. The van der Waals surface area contributed by atoms with Crippen LogP contribution in [0.3, 0.4) is 0 Å². The van der Waals surface area contributed by atoms with Crippen molar-refractivity contribution in [2.24, 2.45) is 5.73 Å². The lowest BCUT2D eigenvalue weighted by atomic mass is 10.1. The van der Waals surface area contributed by atoms with E-state index in [0.29, 0.717) is 6.54 Å². The maximum Gasteiger partial charge on any atom is 0.130 e. The molecule has 0 unspecified atom stereocenters. The first-order valence-electron chi connectivity index (χ1n) is 6.65. The predicted octanol–water partition coefficient (Wildman–Crippen LogP) is 3.91. The standard InChI is InChI=1S/C17H21NO/c1-12-10-13(2)14(3)17(11-12)19-16-6-4-15(5-7-16)8-9-18/h4-7,10-11H,8-9,18H2,1-3H3. The van der Waals surface area contributed by atoms with Gasteiger partial charge >= 0.3 is 0 Å². The van der Waals surface area contributed by atoms with Gasteiger partial charge in [0.15, 0.2) is 0 Å². The Morgan fingerprint density at radius 2 is 1.68 bits per heavy atom. The molecule has 0 saturated heterocycles. The molecule has 19 heavy (non-hydrogen) atoms. The van der Waals surface area contributed by atoms with E-state index < -0.39 is 0 Å². The highest BCUT2D eigenvalue weighted by Gasteiger charge is 2.05. The van der Waals surface area contributed by atoms with Crippen molar-refractivity contribution in [2.75, 3.05) is 6.54 Å². The number of nitrogens with two attached hydrogens (primary N) is 1. The van der Waals surface area contributed by atoms with Gasteiger partial charge in [0, 0.05) is 0 Å². The summed E-state index contributed by atoms with van der Waals surface area (Å²) >= 11 is 0. The molecule has 2 heteroatoms. The largest absolute Gasteiger partial charge is 0.457 e. The molecule has 2 aromatic carbocycles. The maximum absolute atomic E-state index is 5.97. The van der Waals surface area contributed by atoms with Crippen molar-refractivity contribution in [1.29, 1.82) is 0 Å². The second-order valence-corrected chi connectivity index (χ2v) is 4.99. The van der Waals surface area contributed by atoms with Gasteiger partial charge in [0.05, 0.1) is 0 Å². The zero-order valence-corrected chi connectivity index (χ0v) is 11.9. The number of ether oxygens (including phenoxy) is 1. The maximum atomic E-state index is 5.97. The van der Waals surface area contributed by atoms with Crippen LogP contribution in [0.4, 0.5) is 0 Å². The summed E-state index contributed by atoms with van der Waals surface area (Å²) in [6.07, 6.45) is 0.906. The van der Waals surface area contributed by atoms with Gasteiger partial charge in [-0.15, -0.1) is 0 Å². The van der Waals surface area contributed by atoms with Crippen LogP contribution in [-0.4, -0.2) is 6.54 Å². The number of hydrogen-bond acceptors (Lipinski definition) is 2. The molecule has 2 rings (SSSR count). The minimum absolute atomic E-state index is 0.677. The molecule has 2 nitrogen and oxygen atoms in total. The van der Waals surface area contributed by atoms with E-state index in [1.165, 1.54) is 22.3 Å². The van der Waals surface area contributed by atoms with Crippen LogP contribution in [0, 0.1) is 20.8 Å². The summed E-state index contributed by atoms with van der Waals surface area (Å²) in [5, 5.41) is 0. The number of benzene rings is 2. The Morgan fingerprint density at radius 3 is 2.32 bits per heavy atom. The molecular formula is C17H21NO. The molecule has 0 aliphatic heterocycles. The molecule has 100 valence electrons. The van der Waals surface area contributed by atoms with Crippen LogP contribution in [0.2, 0.25) is 0 Å². The fourth-order valence-electron chi connectivity index (χ4n) is 2.12. The third-order valence-electron chi connectivity index (χ3n) is 3.35. The van der Waals surface area contributed by atoms with Crippen LogP contribution in [0.5, 0.6) is 11.5 Å². The summed E-state index contributed by atoms with van der Waals surface area (Å²) in [4.78, 5) is 0. The van der Waals surface area contributed by atoms with Gasteiger partial charge in [-0.2, -0.15) is 0 Å². The van der Waals surface area contributed by atoms with Crippen LogP contribution < -0.4 is 10.5 Å². The molecule has 0 atom stereocenters. The van der Waals surface area contributed by atoms with E-state index in [2.05, 4.69) is 45.0 Å². The molecular weight excluding hydrogens is 234 g/mol. The first kappa shape index (κ1) is 13.6. The van der Waals surface area contributed by atoms with E-state index in [9.17, 15) is 0 Å². The molecule has 0 amide bonds. The number of rotatable bonds is 4. The first-order chi connectivity index (χ1) is 9.10. The van der Waals surface area contributed by atoms with Gasteiger partial charge in [0.25, 0.3) is 0 Å². The van der Waals surface area contributed by atoms with Crippen LogP contribution in [0.1, 0.15) is 22.3 Å². The van der Waals surface area contributed by atoms with Crippen molar-refractivity contribution in [3.05, 3.63) is 58.7 Å². The molecule has 0 saturated carbocycles. The number of hydrogen-bond donors (Lipinski definition) is 1. The third kappa shape index (κ3) is 3.36. The fourth-order valence-corrected chi connectivity index (χ4v) is 2.12. The summed E-state index contributed by atoms with van der Waals surface area (Å²) in [7, 11) is 0. The third-order valence-corrected chi connectivity index (χ3v) is 3.35. The van der Waals surface area contributed by atoms with Gasteiger partial charge in [-0.1, -0.05) is 18.2 Å². The highest BCUT2D eigenvalue weighted by Crippen LogP contribution is 2.28. The molecule has 0 aliphatic rings. The summed E-state index contributed by atoms with van der Waals surface area (Å²) in [5.74, 6) is 1.80. The Balaban J connectivity index is 2.21. The highest BCUT2D eigenvalue weighted by molar-refractivity contribution is 5.44. The van der Waals surface area contributed by atoms with Crippen molar-refractivity contribution in [1.82, 2.24) is 0 Å². The van der Waals surface area contributed by atoms with Gasteiger partial charge in [0.1, 0.15) is 11.5 Å². The molecule has 0 aliphatic carbocycles. The second-order valence-electron chi connectivity index (χ2n) is 4.99. The molecule has 2 aromatic rings. The Kier molecular flexibility index (Phi) is 4.23. The Morgan fingerprint density at radius 1 is 1.00 bits per heavy atom. The van der Waals surface area contributed by atoms with Gasteiger partial charge in [0.2, 0.25) is 0 Å². The quantitative estimate of drug-likeness (QED) is 0.899. The average Bonchev–Trinajstić information content (AvgIpc) is 2.38. The van der Waals surface area contributed by atoms with Crippen molar-refractivity contribution < 1.29 is 4.74 Å².